The zero-order valence-electron chi connectivity index (χ0n) is 34.1. The summed E-state index contributed by atoms with van der Waals surface area (Å²) in [5, 5.41) is 9.65. The lowest BCUT2D eigenvalue weighted by molar-refractivity contribution is 0.954. The highest BCUT2D eigenvalue weighted by atomic mass is 32.1. The quantitative estimate of drug-likeness (QED) is 0.173. The van der Waals surface area contributed by atoms with Gasteiger partial charge in [-0.1, -0.05) is 146 Å². The molecule has 5 aromatic heterocycles. The number of benzene rings is 9. The van der Waals surface area contributed by atoms with Gasteiger partial charge in [-0.05, 0) is 65.7 Å². The van der Waals surface area contributed by atoms with E-state index in [0.29, 0.717) is 17.6 Å². The van der Waals surface area contributed by atoms with E-state index in [1.807, 2.05) is 11.3 Å². The predicted molar refractivity (Wildman–Crippen MR) is 271 cm³/mol. The smallest absolute Gasteiger partial charge is 0.238 e. The Labute approximate surface area is 374 Å². The summed E-state index contributed by atoms with van der Waals surface area (Å²) in [7, 11) is 0. The Hall–Kier alpha value is -7.97. The zero-order valence-corrected chi connectivity index (χ0v) is 35.7. The molecule has 0 aliphatic carbocycles. The minimum absolute atomic E-state index is 0.591. The molecule has 5 heterocycles. The first kappa shape index (κ1) is 35.6. The molecule has 9 aromatic carbocycles. The van der Waals surface area contributed by atoms with Crippen LogP contribution in [0.2, 0.25) is 0 Å². The van der Waals surface area contributed by atoms with Crippen molar-refractivity contribution in [1.82, 2.24) is 24.1 Å². The topological polar surface area (TPSA) is 48.5 Å². The molecule has 298 valence electrons. The number of aromatic nitrogens is 5. The number of nitrogens with zero attached hydrogens (tertiary/aromatic N) is 5. The summed E-state index contributed by atoms with van der Waals surface area (Å²) in [6.45, 7) is 0. The predicted octanol–water partition coefficient (Wildman–Crippen LogP) is 15.8. The summed E-state index contributed by atoms with van der Waals surface area (Å²) in [6, 6.07) is 71.9. The molecule has 0 aliphatic heterocycles. The van der Waals surface area contributed by atoms with Crippen molar-refractivity contribution < 1.29 is 0 Å². The molecule has 0 amide bonds. The third-order valence-corrected chi connectivity index (χ3v) is 15.1. The zero-order chi connectivity index (χ0) is 41.9. The Balaban J connectivity index is 0.998. The maximum Gasteiger partial charge on any atom is 0.238 e. The number of hydrogen-bond acceptors (Lipinski definition) is 5. The summed E-state index contributed by atoms with van der Waals surface area (Å²) in [5.41, 5.74) is 9.97. The molecule has 14 aromatic rings. The van der Waals surface area contributed by atoms with E-state index >= 15 is 0 Å². The lowest BCUT2D eigenvalue weighted by Crippen LogP contribution is -2.06. The van der Waals surface area contributed by atoms with Crippen molar-refractivity contribution in [2.24, 2.45) is 0 Å². The van der Waals surface area contributed by atoms with Gasteiger partial charge in [0.1, 0.15) is 0 Å². The maximum atomic E-state index is 5.42. The summed E-state index contributed by atoms with van der Waals surface area (Å²) >= 11 is 3.64. The SMILES string of the molecule is c1ccc(-n2c3ccccc3c3ccc(-c4cccc5c4sc4cccc(-c6nc(-c7ccc8c(c7)sc7ccccc78)nc(-n7c8ccccc8c8ccccc87)n6)c45)cc32)cc1. The van der Waals surface area contributed by atoms with Gasteiger partial charge in [-0.25, -0.2) is 4.98 Å². The van der Waals surface area contributed by atoms with Crippen LogP contribution in [0, 0.1) is 0 Å². The fourth-order valence-corrected chi connectivity index (χ4v) is 12.4. The molecule has 0 bridgehead atoms. The fourth-order valence-electron chi connectivity index (χ4n) is 9.97. The van der Waals surface area contributed by atoms with Gasteiger partial charge in [-0.15, -0.1) is 22.7 Å². The Morgan fingerprint density at radius 2 is 0.891 bits per heavy atom. The van der Waals surface area contributed by atoms with Gasteiger partial charge in [0.25, 0.3) is 0 Å². The van der Waals surface area contributed by atoms with Gasteiger partial charge >= 0.3 is 0 Å². The van der Waals surface area contributed by atoms with Crippen LogP contribution < -0.4 is 0 Å². The third kappa shape index (κ3) is 5.26. The van der Waals surface area contributed by atoms with Crippen LogP contribution in [0.3, 0.4) is 0 Å². The van der Waals surface area contributed by atoms with Crippen molar-refractivity contribution >= 4 is 107 Å². The first-order chi connectivity index (χ1) is 31.7. The molecule has 0 atom stereocenters. The normalized spacial score (nSPS) is 12.1. The molecule has 5 nitrogen and oxygen atoms in total. The highest BCUT2D eigenvalue weighted by Crippen LogP contribution is 2.45. The van der Waals surface area contributed by atoms with Gasteiger partial charge in [-0.3, -0.25) is 4.57 Å². The Bertz CT molecular complexity index is 4160. The lowest BCUT2D eigenvalue weighted by Gasteiger charge is -2.12. The van der Waals surface area contributed by atoms with Crippen molar-refractivity contribution in [2.45, 2.75) is 0 Å². The third-order valence-electron chi connectivity index (χ3n) is 12.8. The van der Waals surface area contributed by atoms with E-state index in [4.69, 9.17) is 15.0 Å². The molecule has 0 spiro atoms. The van der Waals surface area contributed by atoms with Gasteiger partial charge in [-0.2, -0.15) is 9.97 Å². The molecule has 0 radical (unpaired) electrons. The summed E-state index contributed by atoms with van der Waals surface area (Å²) in [4.78, 5) is 16.1. The van der Waals surface area contributed by atoms with Crippen molar-refractivity contribution in [3.05, 3.63) is 200 Å². The van der Waals surface area contributed by atoms with Crippen LogP contribution in [0.4, 0.5) is 0 Å². The summed E-state index contributed by atoms with van der Waals surface area (Å²) in [5.74, 6) is 1.87. The molecule has 0 aliphatic rings. The van der Waals surface area contributed by atoms with E-state index in [1.54, 1.807) is 11.3 Å². The van der Waals surface area contributed by atoms with Crippen LogP contribution in [-0.2, 0) is 0 Å². The molecular formula is C57H33N5S2. The van der Waals surface area contributed by atoms with E-state index in [9.17, 15) is 0 Å². The van der Waals surface area contributed by atoms with Gasteiger partial charge in [0.15, 0.2) is 11.6 Å². The van der Waals surface area contributed by atoms with Crippen molar-refractivity contribution in [3.63, 3.8) is 0 Å². The first-order valence-corrected chi connectivity index (χ1v) is 23.1. The average molecular weight is 852 g/mol. The second kappa shape index (κ2) is 13.8. The molecule has 14 rings (SSSR count). The minimum Gasteiger partial charge on any atom is -0.309 e. The molecule has 0 fully saturated rings. The highest BCUT2D eigenvalue weighted by molar-refractivity contribution is 7.26. The lowest BCUT2D eigenvalue weighted by atomic mass is 9.99. The monoisotopic (exact) mass is 851 g/mol. The second-order valence-electron chi connectivity index (χ2n) is 16.3. The number of hydrogen-bond donors (Lipinski definition) is 0. The Morgan fingerprint density at radius 3 is 1.67 bits per heavy atom. The number of fused-ring (bicyclic) bond motifs is 12. The van der Waals surface area contributed by atoms with Crippen LogP contribution in [0.15, 0.2) is 200 Å². The van der Waals surface area contributed by atoms with E-state index in [-0.39, 0.29) is 0 Å². The average Bonchev–Trinajstić information content (AvgIpc) is 4.11. The molecule has 0 N–H and O–H groups in total. The fraction of sp³-hybridized carbons (Fsp3) is 0. The summed E-state index contributed by atoms with van der Waals surface area (Å²) in [6.07, 6.45) is 0. The Kier molecular flexibility index (Phi) is 7.66. The van der Waals surface area contributed by atoms with Crippen molar-refractivity contribution in [3.8, 4) is 45.5 Å². The van der Waals surface area contributed by atoms with Crippen LogP contribution >= 0.6 is 22.7 Å². The molecule has 64 heavy (non-hydrogen) atoms. The van der Waals surface area contributed by atoms with Gasteiger partial charge in [0, 0.05) is 78.7 Å². The molecular weight excluding hydrogens is 819 g/mol. The van der Waals surface area contributed by atoms with Crippen LogP contribution in [0.25, 0.3) is 129 Å². The first-order valence-electron chi connectivity index (χ1n) is 21.4. The number of para-hydroxylation sites is 4. The molecule has 7 heteroatoms. The van der Waals surface area contributed by atoms with E-state index in [2.05, 4.69) is 209 Å². The van der Waals surface area contributed by atoms with Crippen LogP contribution in [-0.4, -0.2) is 24.1 Å². The molecule has 0 saturated heterocycles. The van der Waals surface area contributed by atoms with Crippen LogP contribution in [0.5, 0.6) is 0 Å². The van der Waals surface area contributed by atoms with Gasteiger partial charge in [0.2, 0.25) is 5.95 Å². The Morgan fingerprint density at radius 1 is 0.328 bits per heavy atom. The second-order valence-corrected chi connectivity index (χ2v) is 18.5. The van der Waals surface area contributed by atoms with E-state index in [1.165, 1.54) is 67.9 Å². The van der Waals surface area contributed by atoms with Crippen molar-refractivity contribution in [1.29, 1.82) is 0 Å². The van der Waals surface area contributed by atoms with E-state index < -0.39 is 0 Å². The summed E-state index contributed by atoms with van der Waals surface area (Å²) < 4.78 is 9.49. The highest BCUT2D eigenvalue weighted by Gasteiger charge is 2.22. The van der Waals surface area contributed by atoms with Gasteiger partial charge < -0.3 is 4.57 Å². The number of rotatable bonds is 5. The standard InChI is InChI=1S/C57H33N5S2/c1-2-14-36(15-3-1)61-46-23-8-4-18-40(46)41-30-28-34(32-49(41)61)37-20-12-21-44-53-45(22-13-27-51(53)64-54(37)44)56-58-55(35-29-31-43-42-19-7-11-26-50(42)63-52(43)33-35)59-57(60-56)62-47-24-9-5-16-38(47)39-17-6-10-25-48(39)62/h1-33H. The van der Waals surface area contributed by atoms with Gasteiger partial charge in [0.05, 0.1) is 22.1 Å². The molecule has 0 saturated carbocycles. The van der Waals surface area contributed by atoms with Crippen LogP contribution in [0.1, 0.15) is 0 Å². The maximum absolute atomic E-state index is 5.42. The molecule has 0 unspecified atom stereocenters. The number of thiophene rings is 2. The largest absolute Gasteiger partial charge is 0.309 e. The van der Waals surface area contributed by atoms with Crippen molar-refractivity contribution in [2.75, 3.05) is 0 Å². The van der Waals surface area contributed by atoms with E-state index in [0.717, 1.165) is 44.0 Å². The minimum atomic E-state index is 0.591.